The van der Waals surface area contributed by atoms with Crippen LogP contribution in [0.3, 0.4) is 0 Å². The smallest absolute Gasteiger partial charge is 0.156 e. The molecule has 1 aromatic rings. The Kier molecular flexibility index (Phi) is 3.64. The second-order valence-electron chi connectivity index (χ2n) is 4.54. The predicted molar refractivity (Wildman–Crippen MR) is 62.9 cm³/mol. The molecule has 0 aromatic heterocycles. The molecule has 0 saturated carbocycles. The average molecular weight is 205 g/mol. The molecule has 0 bridgehead atoms. The molecule has 0 N–H and O–H groups in total. The number of likely N-dealkylation sites (N-methyl/N-ethyl adjacent to an activating group) is 1. The number of rotatable bonds is 4. The van der Waals surface area contributed by atoms with E-state index in [1.807, 2.05) is 63.2 Å². The molecular weight excluding hydrogens is 186 g/mol. The first-order valence-electron chi connectivity index (χ1n) is 5.19. The fourth-order valence-corrected chi connectivity index (χ4v) is 1.25. The highest BCUT2D eigenvalue weighted by Gasteiger charge is 2.29. The lowest BCUT2D eigenvalue weighted by Gasteiger charge is -2.30. The van der Waals surface area contributed by atoms with Crippen LogP contribution in [0.15, 0.2) is 30.3 Å². The first kappa shape index (κ1) is 11.9. The van der Waals surface area contributed by atoms with Crippen LogP contribution >= 0.6 is 0 Å². The van der Waals surface area contributed by atoms with Crippen LogP contribution in [0.25, 0.3) is 0 Å². The van der Waals surface area contributed by atoms with Crippen molar-refractivity contribution in [3.8, 4) is 0 Å². The lowest BCUT2D eigenvalue weighted by Crippen LogP contribution is -2.46. The van der Waals surface area contributed by atoms with Crippen molar-refractivity contribution in [3.05, 3.63) is 35.9 Å². The van der Waals surface area contributed by atoms with Gasteiger partial charge in [0.1, 0.15) is 0 Å². The minimum absolute atomic E-state index is 0.249. The van der Waals surface area contributed by atoms with Gasteiger partial charge in [0.05, 0.1) is 5.54 Å². The van der Waals surface area contributed by atoms with Crippen molar-refractivity contribution in [2.75, 3.05) is 14.1 Å². The Morgan fingerprint density at radius 2 is 1.73 bits per heavy atom. The van der Waals surface area contributed by atoms with Gasteiger partial charge in [-0.2, -0.15) is 0 Å². The fourth-order valence-electron chi connectivity index (χ4n) is 1.25. The van der Waals surface area contributed by atoms with Crippen molar-refractivity contribution in [1.29, 1.82) is 0 Å². The maximum Gasteiger partial charge on any atom is 0.156 e. The number of carbonyl (C=O) groups excluding carboxylic acids is 1. The highest BCUT2D eigenvalue weighted by molar-refractivity contribution is 5.89. The van der Waals surface area contributed by atoms with Gasteiger partial charge in [-0.3, -0.25) is 9.69 Å². The van der Waals surface area contributed by atoms with E-state index in [4.69, 9.17) is 0 Å². The van der Waals surface area contributed by atoms with Crippen LogP contribution in [-0.2, 0) is 11.2 Å². The fraction of sp³-hybridized carbons (Fsp3) is 0.462. The number of carbonyl (C=O) groups is 1. The Bertz CT molecular complexity index is 328. The molecule has 0 radical (unpaired) electrons. The number of hydrogen-bond acceptors (Lipinski definition) is 2. The van der Waals surface area contributed by atoms with Gasteiger partial charge in [-0.25, -0.2) is 0 Å². The van der Waals surface area contributed by atoms with E-state index in [9.17, 15) is 4.79 Å². The van der Waals surface area contributed by atoms with Gasteiger partial charge in [-0.05, 0) is 33.5 Å². The molecular formula is C13H19NO. The van der Waals surface area contributed by atoms with Crippen molar-refractivity contribution >= 4 is 5.78 Å². The summed E-state index contributed by atoms with van der Waals surface area (Å²) >= 11 is 0. The van der Waals surface area contributed by atoms with Crippen LogP contribution in [0.4, 0.5) is 0 Å². The maximum atomic E-state index is 12.0. The Labute approximate surface area is 91.9 Å². The molecule has 0 aliphatic carbocycles. The summed E-state index contributed by atoms with van der Waals surface area (Å²) in [5.74, 6) is 0.249. The first-order chi connectivity index (χ1) is 6.94. The zero-order valence-electron chi connectivity index (χ0n) is 9.95. The molecule has 82 valence electrons. The van der Waals surface area contributed by atoms with E-state index in [0.29, 0.717) is 6.42 Å². The largest absolute Gasteiger partial charge is 0.298 e. The third-order valence-electron chi connectivity index (χ3n) is 3.01. The molecule has 2 nitrogen and oxygen atoms in total. The number of benzene rings is 1. The molecule has 2 heteroatoms. The van der Waals surface area contributed by atoms with Crippen LogP contribution in [0, 0.1) is 0 Å². The molecule has 0 heterocycles. The Morgan fingerprint density at radius 1 is 1.20 bits per heavy atom. The summed E-state index contributed by atoms with van der Waals surface area (Å²) in [6.45, 7) is 3.91. The molecule has 0 unspecified atom stereocenters. The number of Topliss-reactive ketones (excluding diaryl/α,β-unsaturated/α-hetero) is 1. The molecule has 15 heavy (non-hydrogen) atoms. The van der Waals surface area contributed by atoms with Crippen LogP contribution in [0.5, 0.6) is 0 Å². The van der Waals surface area contributed by atoms with E-state index in [-0.39, 0.29) is 5.78 Å². The SMILES string of the molecule is CN(C)C(C)(C)C(=O)Cc1ccccc1. The van der Waals surface area contributed by atoms with Crippen LogP contribution < -0.4 is 0 Å². The first-order valence-corrected chi connectivity index (χ1v) is 5.19. The van der Waals surface area contributed by atoms with Crippen LogP contribution in [0.2, 0.25) is 0 Å². The van der Waals surface area contributed by atoms with Crippen molar-refractivity contribution in [2.45, 2.75) is 25.8 Å². The highest BCUT2D eigenvalue weighted by atomic mass is 16.1. The van der Waals surface area contributed by atoms with Crippen molar-refractivity contribution in [1.82, 2.24) is 4.90 Å². The third-order valence-corrected chi connectivity index (χ3v) is 3.01. The third kappa shape index (κ3) is 2.90. The topological polar surface area (TPSA) is 20.3 Å². The molecule has 0 aliphatic heterocycles. The Hall–Kier alpha value is -1.15. The quantitative estimate of drug-likeness (QED) is 0.750. The minimum Gasteiger partial charge on any atom is -0.298 e. The zero-order chi connectivity index (χ0) is 11.5. The average Bonchev–Trinajstić information content (AvgIpc) is 2.18. The Morgan fingerprint density at radius 3 is 2.20 bits per heavy atom. The lowest BCUT2D eigenvalue weighted by molar-refractivity contribution is -0.127. The van der Waals surface area contributed by atoms with E-state index in [1.54, 1.807) is 0 Å². The standard InChI is InChI=1S/C13H19NO/c1-13(2,14(3)4)12(15)10-11-8-6-5-7-9-11/h5-9H,10H2,1-4H3. The van der Waals surface area contributed by atoms with E-state index in [1.165, 1.54) is 0 Å². The van der Waals surface area contributed by atoms with Gasteiger partial charge in [0, 0.05) is 6.42 Å². The Balaban J connectivity index is 2.72. The summed E-state index contributed by atoms with van der Waals surface area (Å²) in [5.41, 5.74) is 0.688. The second-order valence-corrected chi connectivity index (χ2v) is 4.54. The molecule has 1 aromatic carbocycles. The summed E-state index contributed by atoms with van der Waals surface area (Å²) in [7, 11) is 3.87. The van der Waals surface area contributed by atoms with Crippen molar-refractivity contribution in [3.63, 3.8) is 0 Å². The number of nitrogens with zero attached hydrogens (tertiary/aromatic N) is 1. The minimum atomic E-state index is -0.393. The zero-order valence-corrected chi connectivity index (χ0v) is 9.95. The predicted octanol–water partition coefficient (Wildman–Crippen LogP) is 2.14. The van der Waals surface area contributed by atoms with Crippen LogP contribution in [0.1, 0.15) is 19.4 Å². The molecule has 1 rings (SSSR count). The van der Waals surface area contributed by atoms with E-state index in [2.05, 4.69) is 0 Å². The molecule has 0 saturated heterocycles. The summed E-state index contributed by atoms with van der Waals surface area (Å²) in [5, 5.41) is 0. The van der Waals surface area contributed by atoms with Gasteiger partial charge >= 0.3 is 0 Å². The summed E-state index contributed by atoms with van der Waals surface area (Å²) in [6.07, 6.45) is 0.506. The molecule has 0 spiro atoms. The van der Waals surface area contributed by atoms with E-state index >= 15 is 0 Å². The normalized spacial score (nSPS) is 11.8. The van der Waals surface area contributed by atoms with Gasteiger partial charge in [-0.15, -0.1) is 0 Å². The van der Waals surface area contributed by atoms with Gasteiger partial charge in [-0.1, -0.05) is 30.3 Å². The second kappa shape index (κ2) is 4.58. The number of hydrogen-bond donors (Lipinski definition) is 0. The van der Waals surface area contributed by atoms with Crippen LogP contribution in [-0.4, -0.2) is 30.3 Å². The monoisotopic (exact) mass is 205 g/mol. The molecule has 0 aliphatic rings. The van der Waals surface area contributed by atoms with Gasteiger partial charge in [0.25, 0.3) is 0 Å². The summed E-state index contributed by atoms with van der Waals surface area (Å²) < 4.78 is 0. The maximum absolute atomic E-state index is 12.0. The highest BCUT2D eigenvalue weighted by Crippen LogP contribution is 2.14. The van der Waals surface area contributed by atoms with E-state index in [0.717, 1.165) is 5.56 Å². The van der Waals surface area contributed by atoms with Crippen molar-refractivity contribution in [2.24, 2.45) is 0 Å². The van der Waals surface area contributed by atoms with Gasteiger partial charge in [0.2, 0.25) is 0 Å². The summed E-state index contributed by atoms with van der Waals surface area (Å²) in [4.78, 5) is 14.0. The number of ketones is 1. The molecule has 0 atom stereocenters. The van der Waals surface area contributed by atoms with Gasteiger partial charge in [0.15, 0.2) is 5.78 Å². The van der Waals surface area contributed by atoms with E-state index < -0.39 is 5.54 Å². The molecule has 0 amide bonds. The van der Waals surface area contributed by atoms with Crippen molar-refractivity contribution < 1.29 is 4.79 Å². The lowest BCUT2D eigenvalue weighted by atomic mass is 9.92. The molecule has 0 fully saturated rings. The summed E-state index contributed by atoms with van der Waals surface area (Å²) in [6, 6.07) is 9.87. The van der Waals surface area contributed by atoms with Gasteiger partial charge < -0.3 is 0 Å².